The number of hydrogen-bond donors (Lipinski definition) is 1. The molecule has 1 saturated carbocycles. The second-order valence-electron chi connectivity index (χ2n) is 6.27. The number of likely N-dealkylation sites (tertiary alicyclic amines) is 1. The van der Waals surface area contributed by atoms with E-state index in [2.05, 4.69) is 27.9 Å². The van der Waals surface area contributed by atoms with E-state index in [1.54, 1.807) is 0 Å². The fourth-order valence-corrected chi connectivity index (χ4v) is 3.86. The predicted molar refractivity (Wildman–Crippen MR) is 57.8 cm³/mol. The lowest BCUT2D eigenvalue weighted by atomic mass is 9.78. The van der Waals surface area contributed by atoms with E-state index in [-0.39, 0.29) is 30.1 Å². The Morgan fingerprint density at radius 2 is 1.67 bits per heavy atom. The Hall–Kier alpha value is 0.650. The third-order valence-corrected chi connectivity index (χ3v) is 4.56. The van der Waals surface area contributed by atoms with E-state index >= 15 is 0 Å². The summed E-state index contributed by atoms with van der Waals surface area (Å²) in [6.45, 7) is 7.13. The number of nitrogens with zero attached hydrogens (tertiary/aromatic N) is 1. The molecule has 0 radical (unpaired) electrons. The number of piperidine rings is 1. The number of quaternary nitrogens is 1. The Morgan fingerprint density at radius 1 is 1.07 bits per heavy atom. The molecule has 1 heterocycles. The summed E-state index contributed by atoms with van der Waals surface area (Å²) in [6, 6.07) is 0. The monoisotopic (exact) mass is 325 g/mol. The van der Waals surface area contributed by atoms with Crippen molar-refractivity contribution in [1.82, 2.24) is 0 Å². The summed E-state index contributed by atoms with van der Waals surface area (Å²) in [5, 5.41) is 9.91. The van der Waals surface area contributed by atoms with Gasteiger partial charge in [-0.05, 0) is 18.3 Å². The van der Waals surface area contributed by atoms with Gasteiger partial charge in [-0.1, -0.05) is 13.8 Å². The maximum absolute atomic E-state index is 9.91. The Labute approximate surface area is 111 Å². The van der Waals surface area contributed by atoms with Gasteiger partial charge < -0.3 is 33.6 Å². The van der Waals surface area contributed by atoms with Gasteiger partial charge >= 0.3 is 0 Å². The Balaban J connectivity index is 0.00000112. The summed E-state index contributed by atoms with van der Waals surface area (Å²) in [5.74, 6) is 2.83. The van der Waals surface area contributed by atoms with Gasteiger partial charge in [-0.3, -0.25) is 0 Å². The molecule has 0 unspecified atom stereocenters. The number of hydrogen-bond acceptors (Lipinski definition) is 1. The average Bonchev–Trinajstić information content (AvgIpc) is 2.30. The third-order valence-electron chi connectivity index (χ3n) is 4.56. The van der Waals surface area contributed by atoms with Gasteiger partial charge in [0.05, 0.1) is 33.3 Å². The second kappa shape index (κ2) is 4.49. The van der Waals surface area contributed by atoms with Crippen molar-refractivity contribution >= 4 is 0 Å². The van der Waals surface area contributed by atoms with Gasteiger partial charge in [0.25, 0.3) is 0 Å². The van der Waals surface area contributed by atoms with Gasteiger partial charge in [-0.15, -0.1) is 0 Å². The highest BCUT2D eigenvalue weighted by atomic mass is 127. The predicted octanol–water partition coefficient (Wildman–Crippen LogP) is -1.65. The molecule has 0 spiro atoms. The summed E-state index contributed by atoms with van der Waals surface area (Å²) in [7, 11) is 4.65. The van der Waals surface area contributed by atoms with Crippen LogP contribution in [0.15, 0.2) is 0 Å². The standard InChI is InChI=1S/C12H24NO.HI/c1-8-6-13(3,4)7-11-9(2)12(14)5-10(8)11;/h8-12,14H,5-7H2,1-4H3;1H/q+1;/p-1/t8-,9-,10-,11-,12+;/m0./s1. The zero-order valence-electron chi connectivity index (χ0n) is 10.3. The summed E-state index contributed by atoms with van der Waals surface area (Å²) < 4.78 is 1.14. The minimum Gasteiger partial charge on any atom is -1.00 e. The highest BCUT2D eigenvalue weighted by Crippen LogP contribution is 2.45. The van der Waals surface area contributed by atoms with Crippen molar-refractivity contribution < 1.29 is 33.6 Å². The van der Waals surface area contributed by atoms with Crippen LogP contribution in [0.2, 0.25) is 0 Å². The van der Waals surface area contributed by atoms with E-state index in [0.717, 1.165) is 28.7 Å². The van der Waals surface area contributed by atoms with Crippen LogP contribution in [0.1, 0.15) is 20.3 Å². The zero-order chi connectivity index (χ0) is 10.5. The molecule has 0 bridgehead atoms. The largest absolute Gasteiger partial charge is 1.00 e. The summed E-state index contributed by atoms with van der Waals surface area (Å²) in [4.78, 5) is 0. The average molecular weight is 325 g/mol. The quantitative estimate of drug-likeness (QED) is 0.418. The van der Waals surface area contributed by atoms with Gasteiger partial charge in [-0.25, -0.2) is 0 Å². The molecule has 0 amide bonds. The van der Waals surface area contributed by atoms with Gasteiger partial charge in [0.2, 0.25) is 0 Å². The van der Waals surface area contributed by atoms with E-state index in [1.807, 2.05) is 0 Å². The maximum atomic E-state index is 9.91. The fourth-order valence-electron chi connectivity index (χ4n) is 3.86. The molecule has 0 aromatic carbocycles. The molecule has 1 aliphatic carbocycles. The molecule has 2 rings (SSSR count). The van der Waals surface area contributed by atoms with Gasteiger partial charge in [0, 0.05) is 11.8 Å². The van der Waals surface area contributed by atoms with Crippen molar-refractivity contribution in [3.8, 4) is 0 Å². The minimum absolute atomic E-state index is 0. The molecule has 2 fully saturated rings. The molecule has 5 atom stereocenters. The molecule has 0 aromatic rings. The normalized spacial score (nSPS) is 48.2. The molecular weight excluding hydrogens is 301 g/mol. The van der Waals surface area contributed by atoms with Crippen molar-refractivity contribution in [3.05, 3.63) is 0 Å². The summed E-state index contributed by atoms with van der Waals surface area (Å²) in [6.07, 6.45) is 1.01. The van der Waals surface area contributed by atoms with Crippen LogP contribution >= 0.6 is 0 Å². The van der Waals surface area contributed by atoms with E-state index < -0.39 is 0 Å². The number of rotatable bonds is 0. The van der Waals surface area contributed by atoms with Crippen LogP contribution in [0.25, 0.3) is 0 Å². The van der Waals surface area contributed by atoms with Crippen LogP contribution < -0.4 is 24.0 Å². The van der Waals surface area contributed by atoms with Gasteiger partial charge in [0.15, 0.2) is 0 Å². The Kier molecular flexibility index (Phi) is 4.11. The lowest BCUT2D eigenvalue weighted by molar-refractivity contribution is -0.904. The van der Waals surface area contributed by atoms with Gasteiger partial charge in [-0.2, -0.15) is 0 Å². The number of halogens is 1. The van der Waals surface area contributed by atoms with Crippen LogP contribution in [0.3, 0.4) is 0 Å². The first-order valence-electron chi connectivity index (χ1n) is 5.91. The molecule has 3 heteroatoms. The first kappa shape index (κ1) is 13.7. The number of fused-ring (bicyclic) bond motifs is 1. The van der Waals surface area contributed by atoms with Crippen molar-refractivity contribution in [2.24, 2.45) is 23.7 Å². The number of aliphatic hydroxyl groups excluding tert-OH is 1. The molecule has 1 aliphatic heterocycles. The first-order valence-corrected chi connectivity index (χ1v) is 5.91. The molecule has 0 aromatic heterocycles. The van der Waals surface area contributed by atoms with Crippen LogP contribution in [-0.2, 0) is 0 Å². The molecule has 90 valence electrons. The topological polar surface area (TPSA) is 20.2 Å². The molecule has 1 saturated heterocycles. The van der Waals surface area contributed by atoms with E-state index in [9.17, 15) is 5.11 Å². The fraction of sp³-hybridized carbons (Fsp3) is 1.00. The highest BCUT2D eigenvalue weighted by Gasteiger charge is 2.49. The van der Waals surface area contributed by atoms with Crippen LogP contribution in [-0.4, -0.2) is 42.9 Å². The summed E-state index contributed by atoms with van der Waals surface area (Å²) >= 11 is 0. The van der Waals surface area contributed by atoms with Crippen molar-refractivity contribution in [3.63, 3.8) is 0 Å². The van der Waals surface area contributed by atoms with E-state index in [1.165, 1.54) is 13.1 Å². The maximum Gasteiger partial charge on any atom is 0.0817 e. The zero-order valence-corrected chi connectivity index (χ0v) is 12.4. The van der Waals surface area contributed by atoms with Crippen LogP contribution in [0.5, 0.6) is 0 Å². The molecule has 2 aliphatic rings. The SMILES string of the molecule is C[C@H]1[C@@H]2C[N+](C)(C)C[C@H](C)[C@@H]2C[C@H]1O.[I-]. The van der Waals surface area contributed by atoms with Gasteiger partial charge in [0.1, 0.15) is 0 Å². The van der Waals surface area contributed by atoms with Crippen LogP contribution in [0, 0.1) is 23.7 Å². The van der Waals surface area contributed by atoms with E-state index in [0.29, 0.717) is 5.92 Å². The minimum atomic E-state index is -0.0365. The Morgan fingerprint density at radius 3 is 2.27 bits per heavy atom. The summed E-state index contributed by atoms with van der Waals surface area (Å²) in [5.41, 5.74) is 0. The molecule has 2 nitrogen and oxygen atoms in total. The van der Waals surface area contributed by atoms with Crippen molar-refractivity contribution in [2.75, 3.05) is 27.2 Å². The first-order chi connectivity index (χ1) is 6.41. The number of aliphatic hydroxyl groups is 1. The van der Waals surface area contributed by atoms with Crippen molar-refractivity contribution in [1.29, 1.82) is 0 Å². The molecule has 1 N–H and O–H groups in total. The Bertz CT molecular complexity index is 232. The lowest BCUT2D eigenvalue weighted by Gasteiger charge is -2.44. The molecule has 15 heavy (non-hydrogen) atoms. The van der Waals surface area contributed by atoms with E-state index in [4.69, 9.17) is 0 Å². The second-order valence-corrected chi connectivity index (χ2v) is 6.27. The third kappa shape index (κ3) is 2.50. The van der Waals surface area contributed by atoms with Crippen molar-refractivity contribution in [2.45, 2.75) is 26.4 Å². The van der Waals surface area contributed by atoms with Crippen LogP contribution in [0.4, 0.5) is 0 Å². The smallest absolute Gasteiger partial charge is 0.0817 e. The highest BCUT2D eigenvalue weighted by molar-refractivity contribution is 4.92. The lowest BCUT2D eigenvalue weighted by Crippen LogP contribution is -3.00. The molecular formula is C12H24INO.